The van der Waals surface area contributed by atoms with Gasteiger partial charge in [0.2, 0.25) is 5.75 Å². The van der Waals surface area contributed by atoms with Gasteiger partial charge in [-0.15, -0.1) is 36.6 Å². The van der Waals surface area contributed by atoms with Crippen LogP contribution < -0.4 is 24.4 Å². The second-order valence-electron chi connectivity index (χ2n) is 8.27. The number of pyridine rings is 1. The number of nitrogens with zero attached hydrogens (tertiary/aromatic N) is 2. The van der Waals surface area contributed by atoms with Crippen LogP contribution in [0.4, 0.5) is 5.69 Å². The Morgan fingerprint density at radius 1 is 0.917 bits per heavy atom. The monoisotopic (exact) mass is 551 g/mol. The number of halogens is 2. The normalized spacial score (nSPS) is 13.2. The summed E-state index contributed by atoms with van der Waals surface area (Å²) in [5.41, 5.74) is 4.27. The molecule has 36 heavy (non-hydrogen) atoms. The Morgan fingerprint density at radius 2 is 1.56 bits per heavy atom. The molecule has 3 aromatic rings. The second kappa shape index (κ2) is 14.4. The third kappa shape index (κ3) is 6.91. The van der Waals surface area contributed by atoms with Crippen molar-refractivity contribution in [2.75, 3.05) is 45.6 Å². The van der Waals surface area contributed by atoms with Crippen LogP contribution in [-0.4, -0.2) is 51.7 Å². The first-order valence-electron chi connectivity index (χ1n) is 11.5. The lowest BCUT2D eigenvalue weighted by molar-refractivity contribution is 0.324. The van der Waals surface area contributed by atoms with Crippen LogP contribution in [-0.2, 0) is 6.54 Å². The number of ether oxygens (including phenoxy) is 3. The first-order chi connectivity index (χ1) is 16.7. The number of methoxy groups -OCH3 is 3. The van der Waals surface area contributed by atoms with Crippen LogP contribution in [0, 0.1) is 0 Å². The summed E-state index contributed by atoms with van der Waals surface area (Å²) in [4.78, 5) is 8.47. The third-order valence-corrected chi connectivity index (χ3v) is 7.03. The summed E-state index contributed by atoms with van der Waals surface area (Å²) >= 11 is 1.77. The van der Waals surface area contributed by atoms with Gasteiger partial charge < -0.3 is 24.4 Å². The fourth-order valence-electron chi connectivity index (χ4n) is 4.48. The largest absolute Gasteiger partial charge is 0.493 e. The van der Waals surface area contributed by atoms with Gasteiger partial charge in [0.1, 0.15) is 0 Å². The highest BCUT2D eigenvalue weighted by molar-refractivity contribution is 7.98. The van der Waals surface area contributed by atoms with Crippen molar-refractivity contribution in [2.45, 2.75) is 30.3 Å². The van der Waals surface area contributed by atoms with Gasteiger partial charge in [-0.2, -0.15) is 0 Å². The Balaban J connectivity index is 0.00000228. The Labute approximate surface area is 230 Å². The number of nitrogens with one attached hydrogen (secondary N) is 1. The maximum absolute atomic E-state index is 5.54. The molecule has 0 atom stereocenters. The predicted molar refractivity (Wildman–Crippen MR) is 154 cm³/mol. The molecule has 1 N–H and O–H groups in total. The molecule has 4 rings (SSSR count). The van der Waals surface area contributed by atoms with E-state index in [4.69, 9.17) is 14.2 Å². The van der Waals surface area contributed by atoms with Gasteiger partial charge in [0.25, 0.3) is 0 Å². The number of thioether (sulfide) groups is 1. The lowest BCUT2D eigenvalue weighted by atomic mass is 10.0. The van der Waals surface area contributed by atoms with Gasteiger partial charge in [-0.3, -0.25) is 4.98 Å². The smallest absolute Gasteiger partial charge is 0.203 e. The minimum atomic E-state index is 0. The molecule has 1 aliphatic rings. The van der Waals surface area contributed by atoms with Crippen LogP contribution in [0.25, 0.3) is 11.3 Å². The van der Waals surface area contributed by atoms with Gasteiger partial charge in [-0.1, -0.05) is 0 Å². The van der Waals surface area contributed by atoms with Crippen LogP contribution in [0.15, 0.2) is 59.6 Å². The van der Waals surface area contributed by atoms with E-state index in [1.54, 1.807) is 33.1 Å². The fourth-order valence-corrected chi connectivity index (χ4v) is 4.89. The molecule has 1 saturated heterocycles. The molecular formula is C27H35Cl2N3O3S. The first kappa shape index (κ1) is 29.9. The Bertz CT molecular complexity index is 1070. The van der Waals surface area contributed by atoms with E-state index < -0.39 is 0 Å². The van der Waals surface area contributed by atoms with Crippen molar-refractivity contribution in [3.05, 3.63) is 60.3 Å². The zero-order chi connectivity index (χ0) is 23.9. The number of rotatable bonds is 9. The number of anilines is 1. The van der Waals surface area contributed by atoms with Gasteiger partial charge in [0.15, 0.2) is 11.5 Å². The maximum Gasteiger partial charge on any atom is 0.203 e. The van der Waals surface area contributed by atoms with Crippen LogP contribution in [0.2, 0.25) is 0 Å². The Hall–Kier alpha value is -2.32. The quantitative estimate of drug-likeness (QED) is 0.322. The highest BCUT2D eigenvalue weighted by Crippen LogP contribution is 2.41. The zero-order valence-corrected chi connectivity index (χ0v) is 23.6. The average molecular weight is 553 g/mol. The minimum Gasteiger partial charge on any atom is -0.493 e. The van der Waals surface area contributed by atoms with Gasteiger partial charge in [0, 0.05) is 34.9 Å². The van der Waals surface area contributed by atoms with E-state index in [1.807, 2.05) is 18.3 Å². The van der Waals surface area contributed by atoms with Crippen molar-refractivity contribution in [2.24, 2.45) is 0 Å². The summed E-state index contributed by atoms with van der Waals surface area (Å²) in [5.74, 6) is 1.82. The number of hydrogen-bond donors (Lipinski definition) is 1. The molecule has 0 saturated carbocycles. The molecule has 196 valence electrons. The van der Waals surface area contributed by atoms with Crippen molar-refractivity contribution in [1.29, 1.82) is 0 Å². The van der Waals surface area contributed by atoms with Gasteiger partial charge >= 0.3 is 0 Å². The predicted octanol–water partition coefficient (Wildman–Crippen LogP) is 6.10. The number of piperidine rings is 1. The van der Waals surface area contributed by atoms with E-state index in [2.05, 4.69) is 57.9 Å². The van der Waals surface area contributed by atoms with Crippen molar-refractivity contribution in [1.82, 2.24) is 10.3 Å². The summed E-state index contributed by atoms with van der Waals surface area (Å²) < 4.78 is 16.6. The summed E-state index contributed by atoms with van der Waals surface area (Å²) in [5, 5.41) is 3.49. The van der Waals surface area contributed by atoms with E-state index in [-0.39, 0.29) is 24.8 Å². The molecule has 0 bridgehead atoms. The Morgan fingerprint density at radius 3 is 2.11 bits per heavy atom. The molecule has 0 aliphatic carbocycles. The van der Waals surface area contributed by atoms with Crippen LogP contribution in [0.5, 0.6) is 17.2 Å². The molecule has 2 heterocycles. The molecule has 1 aliphatic heterocycles. The highest BCUT2D eigenvalue weighted by Gasteiger charge is 2.22. The maximum atomic E-state index is 5.54. The topological polar surface area (TPSA) is 55.9 Å². The molecule has 9 heteroatoms. The van der Waals surface area contributed by atoms with E-state index in [9.17, 15) is 0 Å². The lowest BCUT2D eigenvalue weighted by Crippen LogP contribution is -2.43. The van der Waals surface area contributed by atoms with Crippen LogP contribution in [0.1, 0.15) is 18.4 Å². The molecule has 0 radical (unpaired) electrons. The summed E-state index contributed by atoms with van der Waals surface area (Å²) in [6, 6.07) is 17.6. The van der Waals surface area contributed by atoms with E-state index in [0.717, 1.165) is 43.7 Å². The molecular weight excluding hydrogens is 517 g/mol. The first-order valence-corrected chi connectivity index (χ1v) is 12.8. The molecule has 0 spiro atoms. The molecule has 0 unspecified atom stereocenters. The number of benzene rings is 2. The van der Waals surface area contributed by atoms with Crippen molar-refractivity contribution < 1.29 is 14.2 Å². The fraction of sp³-hybridized carbons (Fsp3) is 0.370. The SMILES string of the molecule is COc1cc(-c2cc(CN(c3ccc(SC)cc3)C3CCNCC3)ccn2)cc(OC)c1OC.Cl.Cl. The molecule has 6 nitrogen and oxygen atoms in total. The van der Waals surface area contributed by atoms with Crippen LogP contribution >= 0.6 is 36.6 Å². The summed E-state index contributed by atoms with van der Waals surface area (Å²) in [6.45, 7) is 2.93. The zero-order valence-electron chi connectivity index (χ0n) is 21.2. The molecule has 0 amide bonds. The van der Waals surface area contributed by atoms with Crippen molar-refractivity contribution >= 4 is 42.3 Å². The molecule has 2 aromatic carbocycles. The Kier molecular flexibility index (Phi) is 12.0. The average Bonchev–Trinajstić information content (AvgIpc) is 2.91. The van der Waals surface area contributed by atoms with Crippen molar-refractivity contribution in [3.8, 4) is 28.5 Å². The standard InChI is InChI=1S/C27H33N3O3S.2ClH/c1-31-25-16-20(17-26(32-2)27(25)33-3)24-15-19(9-14-29-24)18-30(22-10-12-28-13-11-22)21-5-7-23(34-4)8-6-21;;/h5-9,14-17,22,28H,10-13,18H2,1-4H3;2*1H. The van der Waals surface area contributed by atoms with Crippen LogP contribution in [0.3, 0.4) is 0 Å². The number of hydrogen-bond acceptors (Lipinski definition) is 7. The molecule has 1 aromatic heterocycles. The van der Waals surface area contributed by atoms with E-state index in [1.165, 1.54) is 16.1 Å². The third-order valence-electron chi connectivity index (χ3n) is 6.29. The lowest BCUT2D eigenvalue weighted by Gasteiger charge is -2.36. The van der Waals surface area contributed by atoms with Gasteiger partial charge in [-0.05, 0) is 86.3 Å². The summed E-state index contributed by atoms with van der Waals surface area (Å²) in [7, 11) is 4.87. The van der Waals surface area contributed by atoms with Gasteiger partial charge in [-0.25, -0.2) is 0 Å². The molecule has 1 fully saturated rings. The highest BCUT2D eigenvalue weighted by atomic mass is 35.5. The van der Waals surface area contributed by atoms with E-state index >= 15 is 0 Å². The second-order valence-corrected chi connectivity index (χ2v) is 9.15. The van der Waals surface area contributed by atoms with Gasteiger partial charge in [0.05, 0.1) is 27.0 Å². The number of aromatic nitrogens is 1. The summed E-state index contributed by atoms with van der Waals surface area (Å²) in [6.07, 6.45) is 6.26. The minimum absolute atomic E-state index is 0. The van der Waals surface area contributed by atoms with E-state index in [0.29, 0.717) is 23.3 Å². The van der Waals surface area contributed by atoms with Crippen molar-refractivity contribution in [3.63, 3.8) is 0 Å².